The van der Waals surface area contributed by atoms with E-state index in [1.165, 1.54) is 29.2 Å². The Hall–Kier alpha value is -2.51. The predicted molar refractivity (Wildman–Crippen MR) is 96.4 cm³/mol. The predicted octanol–water partition coefficient (Wildman–Crippen LogP) is 3.10. The summed E-state index contributed by atoms with van der Waals surface area (Å²) < 4.78 is 26.8. The number of rotatable bonds is 4. The van der Waals surface area contributed by atoms with Crippen molar-refractivity contribution in [1.82, 2.24) is 9.80 Å². The molecule has 2 N–H and O–H groups in total. The molecule has 5 nitrogen and oxygen atoms in total. The molecule has 0 spiro atoms. The molecule has 1 amide bonds. The number of amides is 1. The van der Waals surface area contributed by atoms with Crippen LogP contribution in [0.4, 0.5) is 13.6 Å². The fourth-order valence-corrected chi connectivity index (χ4v) is 3.68. The third-order valence-electron chi connectivity index (χ3n) is 5.05. The fourth-order valence-electron chi connectivity index (χ4n) is 3.68. The smallest absolute Gasteiger partial charge is 0.407 e. The highest BCUT2D eigenvalue weighted by atomic mass is 19.1. The number of hydrogen-bond donors (Lipinski definition) is 2. The Morgan fingerprint density at radius 2 is 1.52 bits per heavy atom. The van der Waals surface area contributed by atoms with Crippen LogP contribution in [0.3, 0.4) is 0 Å². The van der Waals surface area contributed by atoms with E-state index in [9.17, 15) is 23.8 Å². The number of aliphatic hydroxyl groups excluding tert-OH is 1. The molecule has 0 unspecified atom stereocenters. The van der Waals surface area contributed by atoms with Crippen molar-refractivity contribution in [3.63, 3.8) is 0 Å². The Morgan fingerprint density at radius 1 is 1.04 bits per heavy atom. The van der Waals surface area contributed by atoms with Gasteiger partial charge in [-0.05, 0) is 42.3 Å². The van der Waals surface area contributed by atoms with E-state index >= 15 is 0 Å². The van der Waals surface area contributed by atoms with Crippen molar-refractivity contribution in [3.05, 3.63) is 71.3 Å². The zero-order chi connectivity index (χ0) is 19.6. The minimum absolute atomic E-state index is 0.149. The number of halogens is 2. The van der Waals surface area contributed by atoms with Gasteiger partial charge in [-0.3, -0.25) is 4.90 Å². The highest BCUT2D eigenvalue weighted by molar-refractivity contribution is 5.65. The molecule has 2 atom stereocenters. The first kappa shape index (κ1) is 19.3. The average Bonchev–Trinajstić information content (AvgIpc) is 2.65. The summed E-state index contributed by atoms with van der Waals surface area (Å²) in [5.74, 6) is -0.706. The summed E-state index contributed by atoms with van der Waals surface area (Å²) in [4.78, 5) is 14.8. The van der Waals surface area contributed by atoms with E-state index in [1.807, 2.05) is 6.92 Å². The van der Waals surface area contributed by atoms with Crippen LogP contribution in [0, 0.1) is 11.6 Å². The zero-order valence-electron chi connectivity index (χ0n) is 14.9. The first-order valence-corrected chi connectivity index (χ1v) is 8.77. The van der Waals surface area contributed by atoms with E-state index in [2.05, 4.69) is 4.90 Å². The normalized spacial score (nSPS) is 20.9. The van der Waals surface area contributed by atoms with Gasteiger partial charge in [-0.15, -0.1) is 0 Å². The van der Waals surface area contributed by atoms with Gasteiger partial charge in [-0.2, -0.15) is 0 Å². The summed E-state index contributed by atoms with van der Waals surface area (Å²) >= 11 is 0. The quantitative estimate of drug-likeness (QED) is 0.861. The Morgan fingerprint density at radius 3 is 1.93 bits per heavy atom. The van der Waals surface area contributed by atoms with Crippen LogP contribution in [-0.4, -0.2) is 57.9 Å². The van der Waals surface area contributed by atoms with Crippen molar-refractivity contribution in [3.8, 4) is 0 Å². The van der Waals surface area contributed by atoms with Gasteiger partial charge < -0.3 is 15.1 Å². The van der Waals surface area contributed by atoms with Crippen LogP contribution >= 0.6 is 0 Å². The highest BCUT2D eigenvalue weighted by Crippen LogP contribution is 2.33. The van der Waals surface area contributed by atoms with Crippen molar-refractivity contribution in [2.75, 3.05) is 19.7 Å². The first-order valence-electron chi connectivity index (χ1n) is 8.77. The number of aliphatic hydroxyl groups is 1. The van der Waals surface area contributed by atoms with Gasteiger partial charge in [0.25, 0.3) is 0 Å². The van der Waals surface area contributed by atoms with Crippen LogP contribution in [0.25, 0.3) is 0 Å². The fraction of sp³-hybridized carbons (Fsp3) is 0.350. The van der Waals surface area contributed by atoms with Gasteiger partial charge in [-0.1, -0.05) is 24.3 Å². The Kier molecular flexibility index (Phi) is 5.72. The SMILES string of the molecule is C[C@@H]1CN(C(=O)O)[C@@H](CO)CN1C(c1ccc(F)cc1)c1ccc(F)cc1. The molecule has 2 aromatic rings. The summed E-state index contributed by atoms with van der Waals surface area (Å²) in [5.41, 5.74) is 1.63. The number of nitrogens with zero attached hydrogens (tertiary/aromatic N) is 2. The molecule has 144 valence electrons. The lowest BCUT2D eigenvalue weighted by Crippen LogP contribution is -2.60. The second-order valence-corrected chi connectivity index (χ2v) is 6.82. The first-order chi connectivity index (χ1) is 12.9. The summed E-state index contributed by atoms with van der Waals surface area (Å²) in [6, 6.07) is 11.1. The number of piperazine rings is 1. The number of carboxylic acid groups (broad SMARTS) is 1. The molecule has 0 saturated carbocycles. The summed E-state index contributed by atoms with van der Waals surface area (Å²) in [7, 11) is 0. The molecule has 1 aliphatic heterocycles. The van der Waals surface area contributed by atoms with Crippen LogP contribution in [0.1, 0.15) is 24.1 Å². The van der Waals surface area contributed by atoms with Gasteiger partial charge in [0.05, 0.1) is 18.7 Å². The van der Waals surface area contributed by atoms with Crippen molar-refractivity contribution < 1.29 is 23.8 Å². The van der Waals surface area contributed by atoms with Crippen molar-refractivity contribution >= 4 is 6.09 Å². The van der Waals surface area contributed by atoms with Gasteiger partial charge in [0, 0.05) is 19.1 Å². The van der Waals surface area contributed by atoms with E-state index in [1.54, 1.807) is 24.3 Å². The molecule has 1 heterocycles. The molecule has 3 rings (SSSR count). The molecular formula is C20H22F2N2O3. The minimum atomic E-state index is -1.07. The molecular weight excluding hydrogens is 354 g/mol. The molecule has 1 aliphatic rings. The summed E-state index contributed by atoms with van der Waals surface area (Å²) in [5, 5.41) is 19.1. The maximum absolute atomic E-state index is 13.4. The Bertz CT molecular complexity index is 737. The average molecular weight is 376 g/mol. The maximum atomic E-state index is 13.4. The van der Waals surface area contributed by atoms with Crippen LogP contribution < -0.4 is 0 Å². The van der Waals surface area contributed by atoms with E-state index in [4.69, 9.17) is 0 Å². The largest absolute Gasteiger partial charge is 0.465 e. The van der Waals surface area contributed by atoms with E-state index < -0.39 is 12.1 Å². The standard InChI is InChI=1S/C20H22F2N2O3/c1-13-10-24(20(26)27)18(12-25)11-23(13)19(14-2-6-16(21)7-3-14)15-4-8-17(22)9-5-15/h2-9,13,18-19,25H,10-12H2,1H3,(H,26,27)/t13-,18-/m1/s1. The summed E-state index contributed by atoms with van der Waals surface area (Å²) in [6.45, 7) is 2.15. The van der Waals surface area contributed by atoms with Gasteiger partial charge in [0.2, 0.25) is 0 Å². The topological polar surface area (TPSA) is 64.0 Å². The zero-order valence-corrected chi connectivity index (χ0v) is 14.9. The second-order valence-electron chi connectivity index (χ2n) is 6.82. The van der Waals surface area contributed by atoms with Crippen LogP contribution in [0.2, 0.25) is 0 Å². The maximum Gasteiger partial charge on any atom is 0.407 e. The third kappa shape index (κ3) is 4.09. The van der Waals surface area contributed by atoms with E-state index in [-0.39, 0.29) is 36.9 Å². The molecule has 1 fully saturated rings. The monoisotopic (exact) mass is 376 g/mol. The molecule has 0 bridgehead atoms. The van der Waals surface area contributed by atoms with Crippen molar-refractivity contribution in [2.45, 2.75) is 25.0 Å². The lowest BCUT2D eigenvalue weighted by molar-refractivity contribution is 0.00248. The van der Waals surface area contributed by atoms with E-state index in [0.29, 0.717) is 6.54 Å². The lowest BCUT2D eigenvalue weighted by atomic mass is 9.93. The van der Waals surface area contributed by atoms with Gasteiger partial charge in [0.1, 0.15) is 11.6 Å². The third-order valence-corrected chi connectivity index (χ3v) is 5.05. The molecule has 27 heavy (non-hydrogen) atoms. The number of hydrogen-bond acceptors (Lipinski definition) is 3. The van der Waals surface area contributed by atoms with Gasteiger partial charge >= 0.3 is 6.09 Å². The Labute approximate surface area is 156 Å². The minimum Gasteiger partial charge on any atom is -0.465 e. The van der Waals surface area contributed by atoms with Crippen LogP contribution in [0.5, 0.6) is 0 Å². The van der Waals surface area contributed by atoms with E-state index in [0.717, 1.165) is 11.1 Å². The van der Waals surface area contributed by atoms with Gasteiger partial charge in [0.15, 0.2) is 0 Å². The number of benzene rings is 2. The van der Waals surface area contributed by atoms with Crippen LogP contribution in [0.15, 0.2) is 48.5 Å². The van der Waals surface area contributed by atoms with Crippen molar-refractivity contribution in [1.29, 1.82) is 0 Å². The van der Waals surface area contributed by atoms with Gasteiger partial charge in [-0.25, -0.2) is 13.6 Å². The molecule has 0 aliphatic carbocycles. The second kappa shape index (κ2) is 8.02. The highest BCUT2D eigenvalue weighted by Gasteiger charge is 2.38. The van der Waals surface area contributed by atoms with Crippen LogP contribution in [-0.2, 0) is 0 Å². The molecule has 0 radical (unpaired) electrons. The number of carbonyl (C=O) groups is 1. The molecule has 1 saturated heterocycles. The Balaban J connectivity index is 2.00. The summed E-state index contributed by atoms with van der Waals surface area (Å²) in [6.07, 6.45) is -1.07. The molecule has 0 aromatic heterocycles. The lowest BCUT2D eigenvalue weighted by Gasteiger charge is -2.47. The molecule has 2 aromatic carbocycles. The van der Waals surface area contributed by atoms with Crippen molar-refractivity contribution in [2.24, 2.45) is 0 Å². The molecule has 7 heteroatoms.